The van der Waals surface area contributed by atoms with Gasteiger partial charge in [-0.1, -0.05) is 37.4 Å². The van der Waals surface area contributed by atoms with Crippen LogP contribution in [-0.2, 0) is 19.1 Å². The Morgan fingerprint density at radius 3 is 1.29 bits per heavy atom. The molecule has 0 aromatic heterocycles. The van der Waals surface area contributed by atoms with Crippen molar-refractivity contribution < 1.29 is 47.6 Å². The predicted molar refractivity (Wildman–Crippen MR) is 150 cm³/mol. The lowest BCUT2D eigenvalue weighted by Gasteiger charge is -2.12. The van der Waals surface area contributed by atoms with Gasteiger partial charge in [-0.25, -0.2) is 19.2 Å². The van der Waals surface area contributed by atoms with Crippen LogP contribution in [0.2, 0.25) is 0 Å². The lowest BCUT2D eigenvalue weighted by Crippen LogP contribution is -2.10. The highest BCUT2D eigenvalue weighted by atomic mass is 16.7. The SMILES string of the molecule is C=CC(=O)OCOc1ccc(C(=O)Oc2cccc3c(OC(=O)c4ccc(OCOC(=O)C=C)cc4)cccc23)cc1. The zero-order chi connectivity index (χ0) is 29.9. The maximum Gasteiger partial charge on any atom is 0.343 e. The fourth-order valence-electron chi connectivity index (χ4n) is 3.55. The Kier molecular flexibility index (Phi) is 9.66. The van der Waals surface area contributed by atoms with Crippen LogP contribution in [0.3, 0.4) is 0 Å². The Labute approximate surface area is 240 Å². The summed E-state index contributed by atoms with van der Waals surface area (Å²) in [6.45, 7) is 5.99. The van der Waals surface area contributed by atoms with E-state index in [-0.39, 0.29) is 36.2 Å². The average Bonchev–Trinajstić information content (AvgIpc) is 3.01. The molecule has 0 atom stereocenters. The van der Waals surface area contributed by atoms with Crippen molar-refractivity contribution in [1.82, 2.24) is 0 Å². The third-order valence-corrected chi connectivity index (χ3v) is 5.61. The molecular formula is C32H24O10. The van der Waals surface area contributed by atoms with E-state index in [1.54, 1.807) is 36.4 Å². The number of fused-ring (bicyclic) bond motifs is 1. The van der Waals surface area contributed by atoms with E-state index >= 15 is 0 Å². The molecule has 0 N–H and O–H groups in total. The molecule has 0 aliphatic carbocycles. The minimum Gasteiger partial charge on any atom is -0.457 e. The number of hydrogen-bond donors (Lipinski definition) is 0. The van der Waals surface area contributed by atoms with E-state index in [9.17, 15) is 19.2 Å². The van der Waals surface area contributed by atoms with Gasteiger partial charge in [-0.05, 0) is 60.7 Å². The molecule has 0 saturated heterocycles. The molecule has 4 aromatic carbocycles. The first-order valence-corrected chi connectivity index (χ1v) is 12.4. The molecule has 10 nitrogen and oxygen atoms in total. The third-order valence-electron chi connectivity index (χ3n) is 5.61. The van der Waals surface area contributed by atoms with Gasteiger partial charge in [0.25, 0.3) is 0 Å². The second-order valence-corrected chi connectivity index (χ2v) is 8.29. The maximum atomic E-state index is 12.8. The lowest BCUT2D eigenvalue weighted by atomic mass is 10.1. The van der Waals surface area contributed by atoms with Gasteiger partial charge in [-0.15, -0.1) is 0 Å². The average molecular weight is 569 g/mol. The first-order valence-electron chi connectivity index (χ1n) is 12.4. The Bertz CT molecular complexity index is 1500. The lowest BCUT2D eigenvalue weighted by molar-refractivity contribution is -0.145. The minimum absolute atomic E-state index is 0.260. The second kappa shape index (κ2) is 13.9. The third kappa shape index (κ3) is 7.60. The fourth-order valence-corrected chi connectivity index (χ4v) is 3.55. The van der Waals surface area contributed by atoms with Crippen molar-refractivity contribution in [3.63, 3.8) is 0 Å². The number of ether oxygens (including phenoxy) is 6. The van der Waals surface area contributed by atoms with E-state index in [1.807, 2.05) is 0 Å². The van der Waals surface area contributed by atoms with E-state index in [0.717, 1.165) is 12.2 Å². The molecule has 0 amide bonds. The largest absolute Gasteiger partial charge is 0.457 e. The van der Waals surface area contributed by atoms with Crippen molar-refractivity contribution in [1.29, 1.82) is 0 Å². The molecule has 0 bridgehead atoms. The highest BCUT2D eigenvalue weighted by Crippen LogP contribution is 2.33. The van der Waals surface area contributed by atoms with E-state index < -0.39 is 23.9 Å². The first kappa shape index (κ1) is 29.1. The molecule has 42 heavy (non-hydrogen) atoms. The van der Waals surface area contributed by atoms with Crippen LogP contribution in [0, 0.1) is 0 Å². The summed E-state index contributed by atoms with van der Waals surface area (Å²) in [6, 6.07) is 22.3. The fraction of sp³-hybridized carbons (Fsp3) is 0.0625. The van der Waals surface area contributed by atoms with E-state index in [0.29, 0.717) is 22.3 Å². The smallest absolute Gasteiger partial charge is 0.343 e. The predicted octanol–water partition coefficient (Wildman–Crippen LogP) is 5.41. The van der Waals surface area contributed by atoms with Crippen molar-refractivity contribution in [2.24, 2.45) is 0 Å². The van der Waals surface area contributed by atoms with Crippen LogP contribution in [-0.4, -0.2) is 37.5 Å². The standard InChI is InChI=1S/C32H24O10/c1-3-29(33)39-19-37-23-15-11-21(12-16-23)31(35)41-27-9-5-8-26-25(27)7-6-10-28(26)42-32(36)22-13-17-24(18-14-22)38-20-40-30(34)4-2/h3-18H,1-2,19-20H2. The molecule has 0 aliphatic heterocycles. The zero-order valence-electron chi connectivity index (χ0n) is 22.1. The van der Waals surface area contributed by atoms with Crippen molar-refractivity contribution >= 4 is 34.6 Å². The van der Waals surface area contributed by atoms with Crippen LogP contribution in [0.5, 0.6) is 23.0 Å². The minimum atomic E-state index is -0.616. The molecule has 0 saturated carbocycles. The molecule has 10 heteroatoms. The molecule has 4 aromatic rings. The van der Waals surface area contributed by atoms with Crippen LogP contribution in [0.1, 0.15) is 20.7 Å². The van der Waals surface area contributed by atoms with Crippen LogP contribution in [0.4, 0.5) is 0 Å². The quantitative estimate of drug-likeness (QED) is 0.0948. The summed E-state index contributed by atoms with van der Waals surface area (Å²) < 4.78 is 31.4. The molecule has 0 aliphatic rings. The van der Waals surface area contributed by atoms with Gasteiger partial charge >= 0.3 is 23.9 Å². The van der Waals surface area contributed by atoms with E-state index in [2.05, 4.69) is 13.2 Å². The molecule has 0 heterocycles. The van der Waals surface area contributed by atoms with Crippen LogP contribution in [0.15, 0.2) is 110 Å². The number of carbonyl (C=O) groups is 4. The van der Waals surface area contributed by atoms with Crippen molar-refractivity contribution in [3.05, 3.63) is 121 Å². The highest BCUT2D eigenvalue weighted by molar-refractivity contribution is 5.99. The Morgan fingerprint density at radius 1 is 0.548 bits per heavy atom. The Morgan fingerprint density at radius 2 is 0.929 bits per heavy atom. The molecule has 0 radical (unpaired) electrons. The highest BCUT2D eigenvalue weighted by Gasteiger charge is 2.15. The van der Waals surface area contributed by atoms with E-state index in [1.165, 1.54) is 48.5 Å². The van der Waals surface area contributed by atoms with Gasteiger partial charge in [-0.2, -0.15) is 0 Å². The summed E-state index contributed by atoms with van der Waals surface area (Å²) in [5.41, 5.74) is 0.521. The number of esters is 4. The topological polar surface area (TPSA) is 124 Å². The van der Waals surface area contributed by atoms with Crippen molar-refractivity contribution in [2.45, 2.75) is 0 Å². The Hall–Kier alpha value is -5.90. The normalized spacial score (nSPS) is 10.2. The number of hydrogen-bond acceptors (Lipinski definition) is 10. The van der Waals surface area contributed by atoms with Crippen LogP contribution < -0.4 is 18.9 Å². The number of carbonyl (C=O) groups excluding carboxylic acids is 4. The van der Waals surface area contributed by atoms with Gasteiger partial charge in [0.15, 0.2) is 0 Å². The monoisotopic (exact) mass is 568 g/mol. The molecule has 0 unspecified atom stereocenters. The van der Waals surface area contributed by atoms with Gasteiger partial charge in [0.1, 0.15) is 23.0 Å². The first-order chi connectivity index (χ1) is 20.4. The molecule has 0 fully saturated rings. The van der Waals surface area contributed by atoms with Crippen molar-refractivity contribution in [3.8, 4) is 23.0 Å². The van der Waals surface area contributed by atoms with Crippen LogP contribution >= 0.6 is 0 Å². The summed E-state index contributed by atoms with van der Waals surface area (Å²) in [4.78, 5) is 47.8. The summed E-state index contributed by atoms with van der Waals surface area (Å²) in [5, 5.41) is 1.11. The van der Waals surface area contributed by atoms with Gasteiger partial charge in [0.05, 0.1) is 11.1 Å². The van der Waals surface area contributed by atoms with Gasteiger partial charge < -0.3 is 28.4 Å². The molecular weight excluding hydrogens is 544 g/mol. The summed E-state index contributed by atoms with van der Waals surface area (Å²) >= 11 is 0. The molecule has 4 rings (SSSR count). The van der Waals surface area contributed by atoms with Gasteiger partial charge in [0, 0.05) is 22.9 Å². The maximum absolute atomic E-state index is 12.8. The van der Waals surface area contributed by atoms with Gasteiger partial charge in [-0.3, -0.25) is 0 Å². The number of rotatable bonds is 12. The van der Waals surface area contributed by atoms with Crippen molar-refractivity contribution in [2.75, 3.05) is 13.6 Å². The summed E-state index contributed by atoms with van der Waals surface area (Å²) in [5.74, 6) is -1.15. The van der Waals surface area contributed by atoms with E-state index in [4.69, 9.17) is 28.4 Å². The van der Waals surface area contributed by atoms with Gasteiger partial charge in [0.2, 0.25) is 13.6 Å². The molecule has 0 spiro atoms. The zero-order valence-corrected chi connectivity index (χ0v) is 22.1. The number of benzene rings is 4. The second-order valence-electron chi connectivity index (χ2n) is 8.29. The summed E-state index contributed by atoms with van der Waals surface area (Å²) in [7, 11) is 0. The summed E-state index contributed by atoms with van der Waals surface area (Å²) in [6.07, 6.45) is 2.04. The molecule has 212 valence electrons. The van der Waals surface area contributed by atoms with Crippen LogP contribution in [0.25, 0.3) is 10.8 Å². The Balaban J connectivity index is 1.41.